The Bertz CT molecular complexity index is 1450. The molecule has 1 fully saturated rings. The largest absolute Gasteiger partial charge is 0.340 e. The quantitative estimate of drug-likeness (QED) is 0.350. The molecule has 2 aromatic carbocycles. The molecular weight excluding hydrogens is 470 g/mol. The summed E-state index contributed by atoms with van der Waals surface area (Å²) in [6, 6.07) is 17.9. The third kappa shape index (κ3) is 4.04. The van der Waals surface area contributed by atoms with Gasteiger partial charge in [0.2, 0.25) is 5.70 Å². The molecular formula is C28H29ClN7+. The van der Waals surface area contributed by atoms with Crippen LogP contribution in [-0.2, 0) is 0 Å². The van der Waals surface area contributed by atoms with Gasteiger partial charge in [-0.05, 0) is 69.3 Å². The Morgan fingerprint density at radius 1 is 1.11 bits per heavy atom. The van der Waals surface area contributed by atoms with Crippen LogP contribution in [0.15, 0.2) is 88.4 Å². The summed E-state index contributed by atoms with van der Waals surface area (Å²) in [7, 11) is 4.25. The molecule has 0 spiro atoms. The van der Waals surface area contributed by atoms with Crippen molar-refractivity contribution in [2.45, 2.75) is 12.8 Å². The SMILES string of the molecule is CN(C)CC1CC(C2=C3C=NC=C[N+]3(N)C(c3cc4nc(Nc5ccccc5)ccc4cc3Cl)=N2)C1. The first-order chi connectivity index (χ1) is 17.4. The molecule has 182 valence electrons. The first-order valence-electron chi connectivity index (χ1n) is 12.2. The van der Waals surface area contributed by atoms with Crippen LogP contribution in [0.5, 0.6) is 0 Å². The maximum Gasteiger partial charge on any atom is 0.266 e. The molecule has 8 heteroatoms. The summed E-state index contributed by atoms with van der Waals surface area (Å²) in [5.74, 6) is 9.50. The number of anilines is 2. The maximum atomic E-state index is 6.98. The van der Waals surface area contributed by atoms with Crippen molar-refractivity contribution in [2.24, 2.45) is 27.7 Å². The molecule has 0 saturated heterocycles. The van der Waals surface area contributed by atoms with E-state index in [-0.39, 0.29) is 4.59 Å². The highest BCUT2D eigenvalue weighted by molar-refractivity contribution is 6.34. The van der Waals surface area contributed by atoms with Crippen LogP contribution in [0.2, 0.25) is 5.02 Å². The Morgan fingerprint density at radius 2 is 1.92 bits per heavy atom. The number of benzene rings is 2. The fourth-order valence-corrected chi connectivity index (χ4v) is 5.62. The number of nitrogens with one attached hydrogen (secondary N) is 1. The molecule has 0 radical (unpaired) electrons. The third-order valence-corrected chi connectivity index (χ3v) is 7.45. The van der Waals surface area contributed by atoms with Crippen molar-refractivity contribution < 1.29 is 4.59 Å². The zero-order chi connectivity index (χ0) is 24.9. The van der Waals surface area contributed by atoms with Crippen LogP contribution in [0.3, 0.4) is 0 Å². The van der Waals surface area contributed by atoms with E-state index in [9.17, 15) is 0 Å². The van der Waals surface area contributed by atoms with Crippen molar-refractivity contribution >= 4 is 46.1 Å². The molecule has 7 nitrogen and oxygen atoms in total. The monoisotopic (exact) mass is 498 g/mol. The first kappa shape index (κ1) is 23.1. The standard InChI is InChI=1S/C28H29ClN7/c1-35(2)17-18-12-20(13-18)27-25-16-31-10-11-36(25,30)28(34-27)22-15-24-19(14-23(22)29)8-9-26(33-24)32-21-6-4-3-5-7-21/h3-11,14-16,18,20H,12-13,17,30H2,1-2H3,(H,32,33)/q+1. The summed E-state index contributed by atoms with van der Waals surface area (Å²) in [4.78, 5) is 16.6. The van der Waals surface area contributed by atoms with Crippen molar-refractivity contribution in [3.8, 4) is 0 Å². The summed E-state index contributed by atoms with van der Waals surface area (Å²) in [5, 5.41) is 4.92. The van der Waals surface area contributed by atoms with E-state index in [4.69, 9.17) is 27.4 Å². The number of nitrogens with zero attached hydrogens (tertiary/aromatic N) is 5. The lowest BCUT2D eigenvalue weighted by molar-refractivity contribution is -0.750. The molecule has 6 rings (SSSR count). The maximum absolute atomic E-state index is 6.98. The smallest absolute Gasteiger partial charge is 0.266 e. The fourth-order valence-electron chi connectivity index (χ4n) is 5.37. The molecule has 3 aliphatic rings. The van der Waals surface area contributed by atoms with E-state index in [2.05, 4.69) is 29.3 Å². The molecule has 3 heterocycles. The summed E-state index contributed by atoms with van der Waals surface area (Å²) < 4.78 is -0.0269. The predicted molar refractivity (Wildman–Crippen MR) is 147 cm³/mol. The van der Waals surface area contributed by atoms with Crippen molar-refractivity contribution in [2.75, 3.05) is 26.0 Å². The van der Waals surface area contributed by atoms with Gasteiger partial charge in [0.1, 0.15) is 17.7 Å². The lowest BCUT2D eigenvalue weighted by atomic mass is 9.72. The van der Waals surface area contributed by atoms with Crippen molar-refractivity contribution in [1.82, 2.24) is 9.88 Å². The summed E-state index contributed by atoms with van der Waals surface area (Å²) in [6.07, 6.45) is 7.66. The van der Waals surface area contributed by atoms with Gasteiger partial charge in [0.15, 0.2) is 0 Å². The molecule has 0 bridgehead atoms. The first-order valence-corrected chi connectivity index (χ1v) is 12.6. The number of hydrogen-bond donors (Lipinski definition) is 2. The molecule has 36 heavy (non-hydrogen) atoms. The Kier molecular flexibility index (Phi) is 5.73. The number of quaternary nitrogens is 1. The number of para-hydroxylation sites is 1. The Hall–Kier alpha value is -3.36. The summed E-state index contributed by atoms with van der Waals surface area (Å²) >= 11 is 6.83. The van der Waals surface area contributed by atoms with E-state index < -0.39 is 0 Å². The molecule has 2 aliphatic heterocycles. The topological polar surface area (TPSA) is 78.9 Å². The Morgan fingerprint density at radius 3 is 2.69 bits per heavy atom. The molecule has 1 aliphatic carbocycles. The molecule has 1 unspecified atom stereocenters. The zero-order valence-corrected chi connectivity index (χ0v) is 21.2. The number of nitrogens with two attached hydrogens (primary N) is 1. The second kappa shape index (κ2) is 8.94. The number of amidine groups is 1. The zero-order valence-electron chi connectivity index (χ0n) is 20.4. The van der Waals surface area contributed by atoms with Crippen molar-refractivity contribution in [1.29, 1.82) is 0 Å². The van der Waals surface area contributed by atoms with Gasteiger partial charge >= 0.3 is 0 Å². The molecule has 3 N–H and O–H groups in total. The van der Waals surface area contributed by atoms with Crippen molar-refractivity contribution in [3.63, 3.8) is 0 Å². The fraction of sp³-hybridized carbons (Fsp3) is 0.250. The third-order valence-electron chi connectivity index (χ3n) is 7.13. The van der Waals surface area contributed by atoms with E-state index in [1.165, 1.54) is 0 Å². The second-order valence-corrected chi connectivity index (χ2v) is 10.5. The predicted octanol–water partition coefficient (Wildman–Crippen LogP) is 5.44. The van der Waals surface area contributed by atoms with Crippen LogP contribution in [0.1, 0.15) is 18.4 Å². The number of halogens is 1. The van der Waals surface area contributed by atoms with E-state index >= 15 is 0 Å². The number of aliphatic imine (C=N–C) groups is 2. The average molecular weight is 499 g/mol. The van der Waals surface area contributed by atoms with Crippen LogP contribution in [0.4, 0.5) is 11.5 Å². The van der Waals surface area contributed by atoms with E-state index in [0.717, 1.165) is 58.8 Å². The second-order valence-electron chi connectivity index (χ2n) is 10.1. The summed E-state index contributed by atoms with van der Waals surface area (Å²) in [5.41, 5.74) is 4.54. The molecule has 1 aromatic heterocycles. The van der Waals surface area contributed by atoms with Gasteiger partial charge in [0, 0.05) is 23.5 Å². The van der Waals surface area contributed by atoms with Gasteiger partial charge in [-0.3, -0.25) is 4.99 Å². The summed E-state index contributed by atoms with van der Waals surface area (Å²) in [6.45, 7) is 1.09. The van der Waals surface area contributed by atoms with Crippen LogP contribution in [-0.4, -0.2) is 47.2 Å². The minimum absolute atomic E-state index is 0.0269. The number of hydrogen-bond acceptors (Lipinski definition) is 6. The highest BCUT2D eigenvalue weighted by Crippen LogP contribution is 2.45. The van der Waals surface area contributed by atoms with Gasteiger partial charge in [0.05, 0.1) is 28.5 Å². The van der Waals surface area contributed by atoms with Crippen LogP contribution < -0.4 is 11.2 Å². The minimum Gasteiger partial charge on any atom is -0.340 e. The number of allylic oxidation sites excluding steroid dienone is 2. The van der Waals surface area contributed by atoms with Crippen LogP contribution in [0.25, 0.3) is 10.9 Å². The molecule has 1 saturated carbocycles. The number of pyridine rings is 1. The van der Waals surface area contributed by atoms with Gasteiger partial charge in [-0.25, -0.2) is 4.98 Å². The van der Waals surface area contributed by atoms with Crippen LogP contribution >= 0.6 is 11.6 Å². The van der Waals surface area contributed by atoms with Crippen molar-refractivity contribution in [3.05, 3.63) is 89.0 Å². The lowest BCUT2D eigenvalue weighted by Gasteiger charge is -2.36. The molecule has 3 aromatic rings. The van der Waals surface area contributed by atoms with Gasteiger partial charge in [-0.15, -0.1) is 4.59 Å². The number of fused-ring (bicyclic) bond motifs is 2. The van der Waals surface area contributed by atoms with Gasteiger partial charge in [-0.2, -0.15) is 10.8 Å². The minimum atomic E-state index is -0.0269. The average Bonchev–Trinajstić information content (AvgIpc) is 3.14. The highest BCUT2D eigenvalue weighted by atomic mass is 35.5. The lowest BCUT2D eigenvalue weighted by Crippen LogP contribution is -2.53. The van der Waals surface area contributed by atoms with Gasteiger partial charge in [0.25, 0.3) is 5.84 Å². The number of rotatable bonds is 6. The number of aromatic nitrogens is 1. The molecule has 1 atom stereocenters. The van der Waals surface area contributed by atoms with E-state index in [1.54, 1.807) is 6.20 Å². The van der Waals surface area contributed by atoms with E-state index in [1.807, 2.05) is 67.0 Å². The Labute approximate surface area is 215 Å². The van der Waals surface area contributed by atoms with Gasteiger partial charge < -0.3 is 10.2 Å². The molecule has 0 amide bonds. The van der Waals surface area contributed by atoms with Crippen LogP contribution in [0, 0.1) is 11.8 Å². The Balaban J connectivity index is 1.36. The normalized spacial score (nSPS) is 24.8. The highest BCUT2D eigenvalue weighted by Gasteiger charge is 2.48. The van der Waals surface area contributed by atoms with Gasteiger partial charge in [-0.1, -0.05) is 29.8 Å². The van der Waals surface area contributed by atoms with E-state index in [0.29, 0.717) is 22.7 Å².